The molecule has 25 heavy (non-hydrogen) atoms. The number of aliphatic carboxylic acids is 1. The maximum Gasteiger partial charge on any atom is 0.317 e. The number of urea groups is 1. The minimum atomic E-state index is -0.833. The number of piperidine rings is 1. The van der Waals surface area contributed by atoms with E-state index in [1.165, 1.54) is 0 Å². The first-order chi connectivity index (χ1) is 12.1. The fraction of sp³-hybridized carbons (Fsp3) is 0.556. The van der Waals surface area contributed by atoms with Crippen LogP contribution in [0.4, 0.5) is 4.79 Å². The number of methoxy groups -OCH3 is 1. The molecular weight excluding hydrogens is 324 g/mol. The highest BCUT2D eigenvalue weighted by Crippen LogP contribution is 2.16. The van der Waals surface area contributed by atoms with Crippen LogP contribution >= 0.6 is 0 Å². The highest BCUT2D eigenvalue weighted by Gasteiger charge is 2.27. The summed E-state index contributed by atoms with van der Waals surface area (Å²) in [5.74, 6) is -1.29. The van der Waals surface area contributed by atoms with E-state index in [4.69, 9.17) is 14.6 Å². The molecule has 2 N–H and O–H groups in total. The molecule has 2 rings (SSSR count). The predicted octanol–water partition coefficient (Wildman–Crippen LogP) is 1.86. The Hall–Kier alpha value is -2.12. The Balaban J connectivity index is 1.74. The number of carbonyl (C=O) groups is 2. The number of ether oxygens (including phenoxy) is 2. The molecule has 0 radical (unpaired) electrons. The molecule has 138 valence electrons. The van der Waals surface area contributed by atoms with Crippen LogP contribution < -0.4 is 5.32 Å². The number of likely N-dealkylation sites (tertiary alicyclic amines) is 1. The average Bonchev–Trinajstić information content (AvgIpc) is 2.64. The van der Waals surface area contributed by atoms with Gasteiger partial charge in [-0.05, 0) is 24.0 Å². The summed E-state index contributed by atoms with van der Waals surface area (Å²) >= 11 is 0. The Kier molecular flexibility index (Phi) is 7.69. The average molecular weight is 350 g/mol. The van der Waals surface area contributed by atoms with Crippen LogP contribution in [-0.4, -0.2) is 55.4 Å². The first-order valence-corrected chi connectivity index (χ1v) is 8.50. The number of rotatable bonds is 8. The van der Waals surface area contributed by atoms with Crippen LogP contribution in [0.25, 0.3) is 0 Å². The van der Waals surface area contributed by atoms with Crippen molar-refractivity contribution in [1.29, 1.82) is 0 Å². The molecule has 0 aromatic heterocycles. The molecule has 1 aromatic rings. The summed E-state index contributed by atoms with van der Waals surface area (Å²) in [6.45, 7) is 2.95. The number of nitrogens with one attached hydrogen (secondary N) is 1. The summed E-state index contributed by atoms with van der Waals surface area (Å²) in [6.07, 6.45) is 1.36. The second kappa shape index (κ2) is 10.0. The molecule has 1 atom stereocenters. The molecule has 0 spiro atoms. The summed E-state index contributed by atoms with van der Waals surface area (Å²) in [5.41, 5.74) is 2.05. The van der Waals surface area contributed by atoms with Gasteiger partial charge in [0.15, 0.2) is 0 Å². The molecule has 1 aliphatic rings. The van der Waals surface area contributed by atoms with E-state index >= 15 is 0 Å². The van der Waals surface area contributed by atoms with E-state index in [9.17, 15) is 9.59 Å². The van der Waals surface area contributed by atoms with Crippen LogP contribution in [-0.2, 0) is 27.4 Å². The zero-order chi connectivity index (χ0) is 18.1. The van der Waals surface area contributed by atoms with Gasteiger partial charge in [0.1, 0.15) is 0 Å². The first kappa shape index (κ1) is 19.2. The topological polar surface area (TPSA) is 88.1 Å². The van der Waals surface area contributed by atoms with E-state index in [2.05, 4.69) is 5.32 Å². The summed E-state index contributed by atoms with van der Waals surface area (Å²) in [4.78, 5) is 24.9. The van der Waals surface area contributed by atoms with Gasteiger partial charge in [0.2, 0.25) is 0 Å². The van der Waals surface area contributed by atoms with Crippen LogP contribution in [0.15, 0.2) is 24.3 Å². The number of carbonyl (C=O) groups excluding carboxylic acids is 1. The molecule has 7 nitrogen and oxygen atoms in total. The second-order valence-corrected chi connectivity index (χ2v) is 6.14. The van der Waals surface area contributed by atoms with Gasteiger partial charge in [0.25, 0.3) is 0 Å². The maximum absolute atomic E-state index is 12.2. The minimum Gasteiger partial charge on any atom is -0.481 e. The second-order valence-electron chi connectivity index (χ2n) is 6.14. The zero-order valence-corrected chi connectivity index (χ0v) is 14.6. The number of benzene rings is 1. The highest BCUT2D eigenvalue weighted by atomic mass is 16.5. The Morgan fingerprint density at radius 2 is 1.96 bits per heavy atom. The lowest BCUT2D eigenvalue weighted by molar-refractivity contribution is -0.143. The number of amides is 2. The number of nitrogens with zero attached hydrogens (tertiary/aromatic N) is 1. The van der Waals surface area contributed by atoms with Gasteiger partial charge in [-0.1, -0.05) is 24.3 Å². The lowest BCUT2D eigenvalue weighted by atomic mass is 9.99. The maximum atomic E-state index is 12.2. The molecule has 1 fully saturated rings. The Bertz CT molecular complexity index is 561. The van der Waals surface area contributed by atoms with Gasteiger partial charge in [0.05, 0.1) is 25.7 Å². The van der Waals surface area contributed by atoms with Crippen molar-refractivity contribution in [1.82, 2.24) is 10.2 Å². The van der Waals surface area contributed by atoms with E-state index in [-0.39, 0.29) is 12.6 Å². The third-order valence-electron chi connectivity index (χ3n) is 4.23. The van der Waals surface area contributed by atoms with Crippen molar-refractivity contribution in [3.05, 3.63) is 35.4 Å². The van der Waals surface area contributed by atoms with Gasteiger partial charge < -0.3 is 24.8 Å². The van der Waals surface area contributed by atoms with Gasteiger partial charge in [-0.15, -0.1) is 0 Å². The molecule has 7 heteroatoms. The lowest BCUT2D eigenvalue weighted by Gasteiger charge is -2.30. The van der Waals surface area contributed by atoms with Crippen molar-refractivity contribution in [3.63, 3.8) is 0 Å². The number of carboxylic acids is 1. The molecular formula is C18H26N2O5. The van der Waals surface area contributed by atoms with Crippen molar-refractivity contribution in [2.45, 2.75) is 26.0 Å². The standard InChI is InChI=1S/C18H26N2O5/c1-24-9-10-25-13-15-6-4-14(5-7-15)11-19-18(23)20-8-2-3-16(12-20)17(21)22/h4-7,16H,2-3,8-13H2,1H3,(H,19,23)(H,21,22). The van der Waals surface area contributed by atoms with E-state index in [0.717, 1.165) is 17.5 Å². The van der Waals surface area contributed by atoms with Crippen molar-refractivity contribution >= 4 is 12.0 Å². The molecule has 0 saturated carbocycles. The largest absolute Gasteiger partial charge is 0.481 e. The summed E-state index contributed by atoms with van der Waals surface area (Å²) in [5, 5.41) is 11.9. The highest BCUT2D eigenvalue weighted by molar-refractivity contribution is 5.76. The molecule has 1 aromatic carbocycles. The van der Waals surface area contributed by atoms with Gasteiger partial charge >= 0.3 is 12.0 Å². The Labute approximate surface area is 147 Å². The summed E-state index contributed by atoms with van der Waals surface area (Å²) in [7, 11) is 1.64. The van der Waals surface area contributed by atoms with Crippen LogP contribution in [0.3, 0.4) is 0 Å². The lowest BCUT2D eigenvalue weighted by Crippen LogP contribution is -2.46. The molecule has 1 saturated heterocycles. The minimum absolute atomic E-state index is 0.210. The van der Waals surface area contributed by atoms with E-state index < -0.39 is 11.9 Å². The summed E-state index contributed by atoms with van der Waals surface area (Å²) in [6, 6.07) is 7.63. The van der Waals surface area contributed by atoms with Crippen LogP contribution in [0.1, 0.15) is 24.0 Å². The molecule has 1 unspecified atom stereocenters. The van der Waals surface area contributed by atoms with Crippen molar-refractivity contribution in [3.8, 4) is 0 Å². The van der Waals surface area contributed by atoms with E-state index in [1.807, 2.05) is 24.3 Å². The molecule has 1 heterocycles. The van der Waals surface area contributed by atoms with Crippen molar-refractivity contribution < 1.29 is 24.2 Å². The number of carboxylic acid groups (broad SMARTS) is 1. The third kappa shape index (κ3) is 6.36. The molecule has 2 amide bonds. The number of hydrogen-bond acceptors (Lipinski definition) is 4. The van der Waals surface area contributed by atoms with Crippen LogP contribution in [0.2, 0.25) is 0 Å². The normalized spacial score (nSPS) is 17.3. The smallest absolute Gasteiger partial charge is 0.317 e. The molecule has 0 bridgehead atoms. The quantitative estimate of drug-likeness (QED) is 0.699. The van der Waals surface area contributed by atoms with Crippen LogP contribution in [0, 0.1) is 5.92 Å². The fourth-order valence-electron chi connectivity index (χ4n) is 2.74. The van der Waals surface area contributed by atoms with Crippen molar-refractivity contribution in [2.24, 2.45) is 5.92 Å². The Morgan fingerprint density at radius 3 is 2.64 bits per heavy atom. The summed E-state index contributed by atoms with van der Waals surface area (Å²) < 4.78 is 10.4. The first-order valence-electron chi connectivity index (χ1n) is 8.50. The van der Waals surface area contributed by atoms with E-state index in [0.29, 0.717) is 39.3 Å². The number of hydrogen-bond donors (Lipinski definition) is 2. The fourth-order valence-corrected chi connectivity index (χ4v) is 2.74. The van der Waals surface area contributed by atoms with E-state index in [1.54, 1.807) is 12.0 Å². The molecule has 1 aliphatic heterocycles. The Morgan fingerprint density at radius 1 is 1.24 bits per heavy atom. The van der Waals surface area contributed by atoms with Gasteiger partial charge in [-0.2, -0.15) is 0 Å². The van der Waals surface area contributed by atoms with Crippen LogP contribution in [0.5, 0.6) is 0 Å². The SMILES string of the molecule is COCCOCc1ccc(CNC(=O)N2CCCC(C(=O)O)C2)cc1. The molecule has 0 aliphatic carbocycles. The van der Waals surface area contributed by atoms with Gasteiger partial charge in [-0.3, -0.25) is 4.79 Å². The zero-order valence-electron chi connectivity index (χ0n) is 14.6. The van der Waals surface area contributed by atoms with Gasteiger partial charge in [-0.25, -0.2) is 4.79 Å². The monoisotopic (exact) mass is 350 g/mol. The predicted molar refractivity (Wildman–Crippen MR) is 92.1 cm³/mol. The third-order valence-corrected chi connectivity index (χ3v) is 4.23. The van der Waals surface area contributed by atoms with Gasteiger partial charge in [0, 0.05) is 26.7 Å². The van der Waals surface area contributed by atoms with Crippen molar-refractivity contribution in [2.75, 3.05) is 33.4 Å².